The van der Waals surface area contributed by atoms with Gasteiger partial charge in [-0.25, -0.2) is 0 Å². The average Bonchev–Trinajstić information content (AvgIpc) is 1.97. The van der Waals surface area contributed by atoms with Crippen molar-refractivity contribution in [3.05, 3.63) is 0 Å². The average molecular weight is 179 g/mol. The van der Waals surface area contributed by atoms with Crippen molar-refractivity contribution in [3.8, 4) is 0 Å². The molecule has 0 fully saturated rings. The van der Waals surface area contributed by atoms with Gasteiger partial charge in [0.15, 0.2) is 0 Å². The zero-order chi connectivity index (χ0) is 8.74. The van der Waals surface area contributed by atoms with Crippen LogP contribution in [0.1, 0.15) is 12.8 Å². The summed E-state index contributed by atoms with van der Waals surface area (Å²) in [6.07, 6.45) is 1.69. The van der Waals surface area contributed by atoms with Crippen LogP contribution in [0.2, 0.25) is 0 Å². The third-order valence-corrected chi connectivity index (χ3v) is 1.84. The fraction of sp³-hybridized carbons (Fsp3) is 1.00. The Labute approximate surface area is 74.3 Å². The molecule has 0 saturated heterocycles. The second-order valence-corrected chi connectivity index (χ2v) is 3.54. The van der Waals surface area contributed by atoms with Crippen LogP contribution in [0.4, 0.5) is 0 Å². The van der Waals surface area contributed by atoms with E-state index in [0.717, 1.165) is 30.4 Å². The Kier molecular flexibility index (Phi) is 8.97. The summed E-state index contributed by atoms with van der Waals surface area (Å²) in [5.74, 6) is 0. The molecule has 0 amide bonds. The number of quaternary nitrogens is 1. The van der Waals surface area contributed by atoms with Gasteiger partial charge in [-0.15, -0.1) is 0 Å². The van der Waals surface area contributed by atoms with E-state index >= 15 is 0 Å². The van der Waals surface area contributed by atoms with E-state index in [2.05, 4.69) is 14.1 Å². The molecule has 3 N–H and O–H groups in total. The van der Waals surface area contributed by atoms with Gasteiger partial charge in [0, 0.05) is 26.1 Å². The van der Waals surface area contributed by atoms with Crippen LogP contribution in [-0.4, -0.2) is 60.6 Å². The molecule has 0 atom stereocenters. The lowest BCUT2D eigenvalue weighted by atomic mass is 10.3. The molecule has 0 heterocycles. The molecule has 0 unspecified atom stereocenters. The van der Waals surface area contributed by atoms with Crippen LogP contribution in [0, 0.1) is 0 Å². The predicted octanol–water partition coefficient (Wildman–Crippen LogP) is -0.349. The van der Waals surface area contributed by atoms with Gasteiger partial charge in [-0.1, -0.05) is 0 Å². The smallest absolute Gasteiger partial charge is 0.0804 e. The summed E-state index contributed by atoms with van der Waals surface area (Å²) in [6, 6.07) is 0. The predicted molar refractivity (Wildman–Crippen MR) is 47.2 cm³/mol. The fourth-order valence-electron chi connectivity index (χ4n) is 1.11. The summed E-state index contributed by atoms with van der Waals surface area (Å²) in [6.45, 7) is 2.49. The second-order valence-electron chi connectivity index (χ2n) is 3.54. The maximum Gasteiger partial charge on any atom is 0.0804 e. The standard InChI is InChI=1S/C8H20NO2.H2O/c1-9(2,5-3-7-10)6-4-8-11;/h10-11H,3-8H2,1-2H3;1H2/q+1;/p-1. The molecule has 0 saturated carbocycles. The van der Waals surface area contributed by atoms with Crippen LogP contribution >= 0.6 is 0 Å². The maximum atomic E-state index is 8.60. The molecule has 0 radical (unpaired) electrons. The monoisotopic (exact) mass is 179 g/mol. The highest BCUT2D eigenvalue weighted by Crippen LogP contribution is 2.00. The molecule has 0 aliphatic rings. The zero-order valence-electron chi connectivity index (χ0n) is 8.03. The van der Waals surface area contributed by atoms with E-state index in [1.54, 1.807) is 0 Å². The number of hydrogen-bond donors (Lipinski definition) is 2. The van der Waals surface area contributed by atoms with Gasteiger partial charge in [-0.3, -0.25) is 0 Å². The molecular formula is C8H21NO3. The SMILES string of the molecule is C[N+](C)(CCCO)CCCO.[OH-]. The lowest BCUT2D eigenvalue weighted by Gasteiger charge is -2.29. The first-order valence-corrected chi connectivity index (χ1v) is 4.16. The second kappa shape index (κ2) is 7.49. The molecule has 0 bridgehead atoms. The normalized spacial score (nSPS) is 11.0. The van der Waals surface area contributed by atoms with Gasteiger partial charge in [0.2, 0.25) is 0 Å². The minimum absolute atomic E-state index is 0. The number of aliphatic hydroxyl groups is 2. The molecule has 0 aliphatic carbocycles. The minimum atomic E-state index is 0. The number of hydrogen-bond acceptors (Lipinski definition) is 3. The van der Waals surface area contributed by atoms with E-state index in [1.807, 2.05) is 0 Å². The van der Waals surface area contributed by atoms with E-state index < -0.39 is 0 Å². The summed E-state index contributed by atoms with van der Waals surface area (Å²) in [4.78, 5) is 0. The molecule has 0 spiro atoms. The third-order valence-electron chi connectivity index (χ3n) is 1.84. The van der Waals surface area contributed by atoms with Gasteiger partial charge in [-0.05, 0) is 0 Å². The van der Waals surface area contributed by atoms with Crippen LogP contribution in [0.25, 0.3) is 0 Å². The van der Waals surface area contributed by atoms with Crippen molar-refractivity contribution < 1.29 is 20.2 Å². The Bertz CT molecular complexity index is 86.3. The van der Waals surface area contributed by atoms with Crippen molar-refractivity contribution in [2.24, 2.45) is 0 Å². The van der Waals surface area contributed by atoms with E-state index in [-0.39, 0.29) is 18.7 Å². The Morgan fingerprint density at radius 3 is 1.50 bits per heavy atom. The van der Waals surface area contributed by atoms with Crippen molar-refractivity contribution in [3.63, 3.8) is 0 Å². The summed E-state index contributed by atoms with van der Waals surface area (Å²) >= 11 is 0. The zero-order valence-corrected chi connectivity index (χ0v) is 8.03. The van der Waals surface area contributed by atoms with Gasteiger partial charge in [0.1, 0.15) is 0 Å². The summed E-state index contributed by atoms with van der Waals surface area (Å²) in [5.41, 5.74) is 0. The molecule has 0 aromatic heterocycles. The topological polar surface area (TPSA) is 70.5 Å². The molecule has 4 nitrogen and oxygen atoms in total. The Hall–Kier alpha value is -0.160. The molecule has 12 heavy (non-hydrogen) atoms. The highest BCUT2D eigenvalue weighted by molar-refractivity contribution is 4.37. The first kappa shape index (κ1) is 14.4. The molecule has 0 rings (SSSR count). The lowest BCUT2D eigenvalue weighted by Crippen LogP contribution is -2.41. The quantitative estimate of drug-likeness (QED) is 0.547. The highest BCUT2D eigenvalue weighted by atomic mass is 16.3. The third kappa shape index (κ3) is 7.94. The number of aliphatic hydroxyl groups excluding tert-OH is 2. The van der Waals surface area contributed by atoms with Crippen LogP contribution < -0.4 is 0 Å². The summed E-state index contributed by atoms with van der Waals surface area (Å²) in [5, 5.41) is 17.2. The van der Waals surface area contributed by atoms with Gasteiger partial charge in [0.05, 0.1) is 27.2 Å². The molecule has 0 aliphatic heterocycles. The van der Waals surface area contributed by atoms with Crippen molar-refractivity contribution >= 4 is 0 Å². The molecule has 0 aromatic rings. The van der Waals surface area contributed by atoms with Crippen molar-refractivity contribution in [1.82, 2.24) is 0 Å². The number of nitrogens with zero attached hydrogens (tertiary/aromatic N) is 1. The first-order valence-electron chi connectivity index (χ1n) is 4.16. The minimum Gasteiger partial charge on any atom is -0.870 e. The lowest BCUT2D eigenvalue weighted by molar-refractivity contribution is -0.890. The van der Waals surface area contributed by atoms with Crippen LogP contribution in [0.5, 0.6) is 0 Å². The van der Waals surface area contributed by atoms with Crippen molar-refractivity contribution in [2.45, 2.75) is 12.8 Å². The number of rotatable bonds is 6. The first-order chi connectivity index (χ1) is 5.12. The van der Waals surface area contributed by atoms with Crippen molar-refractivity contribution in [1.29, 1.82) is 0 Å². The Morgan fingerprint density at radius 2 is 1.25 bits per heavy atom. The van der Waals surface area contributed by atoms with Gasteiger partial charge < -0.3 is 20.2 Å². The molecule has 4 heteroatoms. The van der Waals surface area contributed by atoms with Crippen LogP contribution in [-0.2, 0) is 0 Å². The fourth-order valence-corrected chi connectivity index (χ4v) is 1.11. The largest absolute Gasteiger partial charge is 0.870 e. The van der Waals surface area contributed by atoms with E-state index in [1.165, 1.54) is 0 Å². The molecular weight excluding hydrogens is 158 g/mol. The van der Waals surface area contributed by atoms with E-state index in [9.17, 15) is 0 Å². The van der Waals surface area contributed by atoms with E-state index in [0.29, 0.717) is 0 Å². The van der Waals surface area contributed by atoms with Gasteiger partial charge >= 0.3 is 0 Å². The van der Waals surface area contributed by atoms with Gasteiger partial charge in [-0.2, -0.15) is 0 Å². The Balaban J connectivity index is 0. The van der Waals surface area contributed by atoms with E-state index in [4.69, 9.17) is 10.2 Å². The summed E-state index contributed by atoms with van der Waals surface area (Å²) < 4.78 is 0.890. The van der Waals surface area contributed by atoms with Crippen LogP contribution in [0.3, 0.4) is 0 Å². The van der Waals surface area contributed by atoms with Gasteiger partial charge in [0.25, 0.3) is 0 Å². The maximum absolute atomic E-state index is 8.60. The molecule has 0 aromatic carbocycles. The highest BCUT2D eigenvalue weighted by Gasteiger charge is 2.12. The van der Waals surface area contributed by atoms with Crippen LogP contribution in [0.15, 0.2) is 0 Å². The van der Waals surface area contributed by atoms with Crippen molar-refractivity contribution in [2.75, 3.05) is 40.4 Å². The Morgan fingerprint density at radius 1 is 0.917 bits per heavy atom. The summed E-state index contributed by atoms with van der Waals surface area (Å²) in [7, 11) is 4.23. The molecule has 76 valence electrons.